The molecule has 0 amide bonds. The van der Waals surface area contributed by atoms with Crippen LogP contribution >= 0.6 is 23.2 Å². The number of hydrogen-bond acceptors (Lipinski definition) is 3. The molecule has 2 aromatic heterocycles. The molecular formula is C8H8Cl2N4. The van der Waals surface area contributed by atoms with Gasteiger partial charge in [0.15, 0.2) is 10.8 Å². The van der Waals surface area contributed by atoms with E-state index in [-0.39, 0.29) is 5.28 Å². The Morgan fingerprint density at radius 1 is 1.21 bits per heavy atom. The first kappa shape index (κ1) is 9.68. The first-order chi connectivity index (χ1) is 6.63. The quantitative estimate of drug-likeness (QED) is 0.559. The highest BCUT2D eigenvalue weighted by atomic mass is 35.5. The summed E-state index contributed by atoms with van der Waals surface area (Å²) in [6.45, 7) is 4.69. The lowest BCUT2D eigenvalue weighted by atomic mass is 10.5. The molecule has 6 heteroatoms. The van der Waals surface area contributed by atoms with Crippen molar-refractivity contribution in [1.82, 2.24) is 19.5 Å². The molecule has 2 aromatic rings. The Morgan fingerprint density at radius 3 is 2.57 bits per heavy atom. The lowest BCUT2D eigenvalue weighted by Gasteiger charge is -2.00. The van der Waals surface area contributed by atoms with E-state index in [0.29, 0.717) is 16.3 Å². The van der Waals surface area contributed by atoms with Crippen LogP contribution in [0.4, 0.5) is 0 Å². The highest BCUT2D eigenvalue weighted by Crippen LogP contribution is 2.22. The van der Waals surface area contributed by atoms with Gasteiger partial charge in [0.05, 0.1) is 0 Å². The highest BCUT2D eigenvalue weighted by Gasteiger charge is 2.12. The average Bonchev–Trinajstić information content (AvgIpc) is 2.41. The molecule has 0 bridgehead atoms. The van der Waals surface area contributed by atoms with E-state index < -0.39 is 0 Å². The zero-order valence-corrected chi connectivity index (χ0v) is 9.26. The molecule has 0 unspecified atom stereocenters. The molecule has 0 saturated carbocycles. The minimum atomic E-state index is 0.150. The van der Waals surface area contributed by atoms with E-state index >= 15 is 0 Å². The number of rotatable bonds is 1. The van der Waals surface area contributed by atoms with Crippen LogP contribution in [0.15, 0.2) is 0 Å². The lowest BCUT2D eigenvalue weighted by molar-refractivity contribution is 0.745. The van der Waals surface area contributed by atoms with Crippen molar-refractivity contribution in [3.63, 3.8) is 0 Å². The van der Waals surface area contributed by atoms with Crippen LogP contribution in [0.5, 0.6) is 0 Å². The van der Waals surface area contributed by atoms with Gasteiger partial charge in [-0.2, -0.15) is 4.98 Å². The third kappa shape index (κ3) is 1.35. The number of aromatic nitrogens is 4. The number of halogens is 2. The smallest absolute Gasteiger partial charge is 0.225 e. The average molecular weight is 231 g/mol. The Kier molecular flexibility index (Phi) is 2.33. The van der Waals surface area contributed by atoms with Crippen LogP contribution in [0.1, 0.15) is 12.7 Å². The van der Waals surface area contributed by atoms with Gasteiger partial charge in [-0.3, -0.25) is 0 Å². The first-order valence-corrected chi connectivity index (χ1v) is 4.95. The van der Waals surface area contributed by atoms with Gasteiger partial charge < -0.3 is 4.57 Å². The maximum absolute atomic E-state index is 5.89. The van der Waals surface area contributed by atoms with Gasteiger partial charge in [-0.05, 0) is 25.4 Å². The molecule has 74 valence electrons. The van der Waals surface area contributed by atoms with Gasteiger partial charge in [0, 0.05) is 6.54 Å². The second kappa shape index (κ2) is 3.37. The lowest BCUT2D eigenvalue weighted by Crippen LogP contribution is -1.98. The van der Waals surface area contributed by atoms with E-state index in [1.165, 1.54) is 0 Å². The summed E-state index contributed by atoms with van der Waals surface area (Å²) in [7, 11) is 0. The summed E-state index contributed by atoms with van der Waals surface area (Å²) in [5.41, 5.74) is 1.30. The SMILES string of the molecule is CCn1c(C)nc2c(Cl)nc(Cl)nc21. The number of aryl methyl sites for hydroxylation is 2. The number of hydrogen-bond donors (Lipinski definition) is 0. The van der Waals surface area contributed by atoms with E-state index in [0.717, 1.165) is 12.4 Å². The van der Waals surface area contributed by atoms with Crippen LogP contribution in [0, 0.1) is 6.92 Å². The van der Waals surface area contributed by atoms with Crippen LogP contribution in [0.25, 0.3) is 11.2 Å². The van der Waals surface area contributed by atoms with Crippen molar-refractivity contribution < 1.29 is 0 Å². The third-order valence-corrected chi connectivity index (χ3v) is 2.46. The van der Waals surface area contributed by atoms with Gasteiger partial charge in [0.2, 0.25) is 5.28 Å². The molecule has 0 N–H and O–H groups in total. The summed E-state index contributed by atoms with van der Waals surface area (Å²) in [5.74, 6) is 0.862. The van der Waals surface area contributed by atoms with Crippen molar-refractivity contribution in [1.29, 1.82) is 0 Å². The van der Waals surface area contributed by atoms with Crippen LogP contribution in [-0.2, 0) is 6.54 Å². The first-order valence-electron chi connectivity index (χ1n) is 4.19. The van der Waals surface area contributed by atoms with Crippen molar-refractivity contribution in [3.05, 3.63) is 16.3 Å². The third-order valence-electron chi connectivity index (χ3n) is 2.03. The van der Waals surface area contributed by atoms with E-state index in [9.17, 15) is 0 Å². The predicted octanol–water partition coefficient (Wildman–Crippen LogP) is 2.46. The summed E-state index contributed by atoms with van der Waals surface area (Å²) in [5, 5.41) is 0.451. The number of fused-ring (bicyclic) bond motifs is 1. The van der Waals surface area contributed by atoms with Crippen LogP contribution in [-0.4, -0.2) is 19.5 Å². The van der Waals surface area contributed by atoms with Gasteiger partial charge in [0.25, 0.3) is 0 Å². The van der Waals surface area contributed by atoms with Gasteiger partial charge in [-0.25, -0.2) is 9.97 Å². The minimum Gasteiger partial charge on any atom is -0.313 e. The zero-order chi connectivity index (χ0) is 10.3. The van der Waals surface area contributed by atoms with Gasteiger partial charge in [0.1, 0.15) is 11.3 Å². The maximum Gasteiger partial charge on any atom is 0.225 e. The maximum atomic E-state index is 5.89. The topological polar surface area (TPSA) is 43.6 Å². The van der Waals surface area contributed by atoms with Gasteiger partial charge >= 0.3 is 0 Å². The summed E-state index contributed by atoms with van der Waals surface area (Å²) in [6.07, 6.45) is 0. The van der Waals surface area contributed by atoms with Crippen molar-refractivity contribution in [3.8, 4) is 0 Å². The molecule has 2 rings (SSSR count). The van der Waals surface area contributed by atoms with Crippen molar-refractivity contribution in [2.75, 3.05) is 0 Å². The Bertz CT molecular complexity index is 492. The zero-order valence-electron chi connectivity index (χ0n) is 7.75. The molecule has 0 atom stereocenters. The Balaban J connectivity index is 2.87. The van der Waals surface area contributed by atoms with Gasteiger partial charge in [-0.1, -0.05) is 11.6 Å². The Hall–Kier alpha value is -0.870. The second-order valence-electron chi connectivity index (χ2n) is 2.86. The summed E-state index contributed by atoms with van der Waals surface area (Å²) in [4.78, 5) is 12.2. The van der Waals surface area contributed by atoms with Crippen molar-refractivity contribution in [2.45, 2.75) is 20.4 Å². The van der Waals surface area contributed by atoms with Gasteiger partial charge in [-0.15, -0.1) is 0 Å². The fourth-order valence-corrected chi connectivity index (χ4v) is 1.84. The fraction of sp³-hybridized carbons (Fsp3) is 0.375. The van der Waals surface area contributed by atoms with E-state index in [4.69, 9.17) is 23.2 Å². The molecule has 0 aliphatic rings. The molecule has 0 fully saturated rings. The van der Waals surface area contributed by atoms with E-state index in [1.54, 1.807) is 0 Å². The summed E-state index contributed by atoms with van der Waals surface area (Å²) < 4.78 is 1.94. The second-order valence-corrected chi connectivity index (χ2v) is 3.56. The van der Waals surface area contributed by atoms with Crippen LogP contribution < -0.4 is 0 Å². The van der Waals surface area contributed by atoms with Crippen molar-refractivity contribution >= 4 is 34.4 Å². The van der Waals surface area contributed by atoms with E-state index in [1.807, 2.05) is 18.4 Å². The molecule has 0 saturated heterocycles. The standard InChI is InChI=1S/C8H8Cl2N4/c1-3-14-4(2)11-5-6(9)12-8(10)13-7(5)14/h3H2,1-2H3. The molecule has 2 heterocycles. The number of nitrogens with zero attached hydrogens (tertiary/aromatic N) is 4. The Morgan fingerprint density at radius 2 is 1.93 bits per heavy atom. The highest BCUT2D eigenvalue weighted by molar-refractivity contribution is 6.35. The fourth-order valence-electron chi connectivity index (χ4n) is 1.43. The van der Waals surface area contributed by atoms with Crippen LogP contribution in [0.3, 0.4) is 0 Å². The molecule has 0 aliphatic carbocycles. The predicted molar refractivity (Wildman–Crippen MR) is 55.8 cm³/mol. The minimum absolute atomic E-state index is 0.150. The summed E-state index contributed by atoms with van der Waals surface area (Å²) in [6, 6.07) is 0. The van der Waals surface area contributed by atoms with E-state index in [2.05, 4.69) is 15.0 Å². The molecule has 0 radical (unpaired) electrons. The monoisotopic (exact) mass is 230 g/mol. The van der Waals surface area contributed by atoms with Crippen molar-refractivity contribution in [2.24, 2.45) is 0 Å². The Labute approximate surface area is 90.9 Å². The largest absolute Gasteiger partial charge is 0.313 e. The molecule has 14 heavy (non-hydrogen) atoms. The normalized spacial score (nSPS) is 11.1. The van der Waals surface area contributed by atoms with Crippen LogP contribution in [0.2, 0.25) is 10.4 Å². The molecular weight excluding hydrogens is 223 g/mol. The molecule has 0 aliphatic heterocycles. The number of imidazole rings is 1. The molecule has 0 aromatic carbocycles. The molecule has 0 spiro atoms. The molecule has 4 nitrogen and oxygen atoms in total. The summed E-state index contributed by atoms with van der Waals surface area (Å²) >= 11 is 11.6.